The third-order valence-electron chi connectivity index (χ3n) is 11.8. The molecule has 1 heterocycles. The van der Waals surface area contributed by atoms with E-state index in [9.17, 15) is 9.59 Å². The highest BCUT2D eigenvalue weighted by Gasteiger charge is 2.59. The van der Waals surface area contributed by atoms with E-state index in [2.05, 4.69) is 38.2 Å². The fourth-order valence-corrected chi connectivity index (χ4v) is 9.63. The monoisotopic (exact) mass is 509 g/mol. The van der Waals surface area contributed by atoms with Crippen LogP contribution in [0, 0.1) is 40.4 Å². The lowest BCUT2D eigenvalue weighted by Crippen LogP contribution is -2.51. The molecule has 6 rings (SSSR count). The molecule has 204 valence electrons. The summed E-state index contributed by atoms with van der Waals surface area (Å²) in [6.07, 6.45) is 13.9. The van der Waals surface area contributed by atoms with Crippen LogP contribution in [0.4, 0.5) is 4.79 Å². The van der Waals surface area contributed by atoms with Crippen LogP contribution in [0.1, 0.15) is 98.3 Å². The lowest BCUT2D eigenvalue weighted by Gasteiger charge is -2.58. The van der Waals surface area contributed by atoms with Crippen LogP contribution in [0.15, 0.2) is 16.8 Å². The van der Waals surface area contributed by atoms with Crippen molar-refractivity contribution in [2.24, 2.45) is 45.6 Å². The highest BCUT2D eigenvalue weighted by Crippen LogP contribution is 2.66. The van der Waals surface area contributed by atoms with Gasteiger partial charge in [0.25, 0.3) is 0 Å². The highest BCUT2D eigenvalue weighted by molar-refractivity contribution is 5.91. The van der Waals surface area contributed by atoms with Gasteiger partial charge in [0.15, 0.2) is 5.78 Å². The maximum atomic E-state index is 13.1. The molecule has 0 aromatic rings. The Morgan fingerprint density at radius 3 is 2.65 bits per heavy atom. The van der Waals surface area contributed by atoms with Gasteiger partial charge in [-0.05, 0) is 118 Å². The number of hydrogen-bond donors (Lipinski definition) is 1. The fourth-order valence-electron chi connectivity index (χ4n) is 9.63. The van der Waals surface area contributed by atoms with E-state index in [4.69, 9.17) is 4.84 Å². The number of rotatable bonds is 5. The quantitative estimate of drug-likeness (QED) is 0.276. The molecule has 2 unspecified atom stereocenters. The van der Waals surface area contributed by atoms with Crippen LogP contribution in [0.2, 0.25) is 0 Å². The number of hydrogen-bond acceptors (Lipinski definition) is 5. The number of amides is 1. The molecule has 0 aromatic heterocycles. The van der Waals surface area contributed by atoms with Crippen molar-refractivity contribution in [3.8, 4) is 0 Å². The highest BCUT2D eigenvalue weighted by atomic mass is 16.7. The zero-order chi connectivity index (χ0) is 25.9. The summed E-state index contributed by atoms with van der Waals surface area (Å²) in [5, 5.41) is 8.07. The molecule has 1 N–H and O–H groups in total. The molecule has 0 radical (unpaired) electrons. The van der Waals surface area contributed by atoms with Crippen molar-refractivity contribution in [2.75, 3.05) is 13.1 Å². The van der Waals surface area contributed by atoms with E-state index >= 15 is 0 Å². The van der Waals surface area contributed by atoms with Gasteiger partial charge in [-0.3, -0.25) is 9.63 Å². The molecule has 0 bridgehead atoms. The van der Waals surface area contributed by atoms with Gasteiger partial charge >= 0.3 is 6.09 Å². The van der Waals surface area contributed by atoms with E-state index in [1.165, 1.54) is 31.3 Å². The molecule has 6 nitrogen and oxygen atoms in total. The minimum Gasteiger partial charge on any atom is -0.312 e. The van der Waals surface area contributed by atoms with Gasteiger partial charge in [-0.15, -0.1) is 0 Å². The largest absolute Gasteiger partial charge is 0.436 e. The van der Waals surface area contributed by atoms with Gasteiger partial charge in [0.05, 0.1) is 5.71 Å². The molecule has 4 saturated carbocycles. The van der Waals surface area contributed by atoms with Gasteiger partial charge in [-0.1, -0.05) is 31.5 Å². The van der Waals surface area contributed by atoms with Crippen molar-refractivity contribution in [2.45, 2.75) is 110 Å². The summed E-state index contributed by atoms with van der Waals surface area (Å²) >= 11 is 0. The normalized spacial score (nSPS) is 43.5. The minimum atomic E-state index is -0.266. The molecular weight excluding hydrogens is 462 g/mol. The Balaban J connectivity index is 1.13. The van der Waals surface area contributed by atoms with Gasteiger partial charge in [0.2, 0.25) is 0 Å². The number of nitrogens with zero attached hydrogens (tertiary/aromatic N) is 2. The average Bonchev–Trinajstić information content (AvgIpc) is 3.53. The van der Waals surface area contributed by atoms with Crippen LogP contribution in [-0.2, 0) is 9.63 Å². The number of allylic oxidation sites excluding steroid dienone is 1. The van der Waals surface area contributed by atoms with E-state index < -0.39 is 0 Å². The van der Waals surface area contributed by atoms with E-state index in [-0.39, 0.29) is 16.9 Å². The zero-order valence-corrected chi connectivity index (χ0v) is 23.4. The second-order valence-corrected chi connectivity index (χ2v) is 14.1. The SMILES string of the molecule is C/C(=N\OC(=O)N(CC1CC(C)CN1)C1CC1)[C@H]1CC[C@H]2[C@@H]3CCC4=CC(=O)CC[C@]4(C)[C@H]3CC[C@]12C. The summed E-state index contributed by atoms with van der Waals surface area (Å²) in [5.74, 6) is 3.53. The summed E-state index contributed by atoms with van der Waals surface area (Å²) in [6.45, 7) is 11.1. The predicted octanol–water partition coefficient (Wildman–Crippen LogP) is 6.11. The second kappa shape index (κ2) is 9.50. The lowest BCUT2D eigenvalue weighted by molar-refractivity contribution is -0.117. The summed E-state index contributed by atoms with van der Waals surface area (Å²) in [5.41, 5.74) is 2.89. The Bertz CT molecular complexity index is 1000. The Morgan fingerprint density at radius 1 is 1.11 bits per heavy atom. The number of ketones is 1. The summed E-state index contributed by atoms with van der Waals surface area (Å²) in [6, 6.07) is 0.693. The first-order chi connectivity index (χ1) is 17.7. The molecule has 1 aliphatic heterocycles. The number of oxime groups is 1. The Morgan fingerprint density at radius 2 is 1.92 bits per heavy atom. The Labute approximate surface area is 223 Å². The van der Waals surface area contributed by atoms with Crippen molar-refractivity contribution in [3.63, 3.8) is 0 Å². The molecule has 8 atom stereocenters. The number of carbonyl (C=O) groups excluding carboxylic acids is 2. The molecular formula is C31H47N3O3. The summed E-state index contributed by atoms with van der Waals surface area (Å²) in [4.78, 5) is 32.8. The predicted molar refractivity (Wildman–Crippen MR) is 145 cm³/mol. The van der Waals surface area contributed by atoms with E-state index in [1.54, 1.807) is 0 Å². The summed E-state index contributed by atoms with van der Waals surface area (Å²) < 4.78 is 0. The van der Waals surface area contributed by atoms with Crippen LogP contribution in [0.25, 0.3) is 0 Å². The maximum Gasteiger partial charge on any atom is 0.436 e. The van der Waals surface area contributed by atoms with Gasteiger partial charge in [0, 0.05) is 31.0 Å². The number of fused-ring (bicyclic) bond motifs is 5. The average molecular weight is 510 g/mol. The minimum absolute atomic E-state index is 0.215. The molecule has 1 saturated heterocycles. The van der Waals surface area contributed by atoms with Gasteiger partial charge in [-0.2, -0.15) is 0 Å². The molecule has 5 aliphatic carbocycles. The fraction of sp³-hybridized carbons (Fsp3) is 0.839. The van der Waals surface area contributed by atoms with Crippen LogP contribution in [0.3, 0.4) is 0 Å². The Kier molecular flexibility index (Phi) is 6.57. The first-order valence-corrected chi connectivity index (χ1v) is 15.2. The first-order valence-electron chi connectivity index (χ1n) is 15.2. The van der Waals surface area contributed by atoms with E-state index in [0.717, 1.165) is 69.7 Å². The van der Waals surface area contributed by atoms with Crippen molar-refractivity contribution >= 4 is 17.6 Å². The zero-order valence-electron chi connectivity index (χ0n) is 23.4. The lowest BCUT2D eigenvalue weighted by atomic mass is 9.46. The number of nitrogens with one attached hydrogen (secondary N) is 1. The maximum absolute atomic E-state index is 13.1. The molecule has 6 heteroatoms. The van der Waals surface area contributed by atoms with Gasteiger partial charge < -0.3 is 10.2 Å². The molecule has 37 heavy (non-hydrogen) atoms. The number of carbonyl (C=O) groups is 2. The summed E-state index contributed by atoms with van der Waals surface area (Å²) in [7, 11) is 0. The smallest absolute Gasteiger partial charge is 0.312 e. The van der Waals surface area contributed by atoms with E-state index in [0.29, 0.717) is 41.5 Å². The Hall–Kier alpha value is -1.69. The van der Waals surface area contributed by atoms with Gasteiger partial charge in [0.1, 0.15) is 0 Å². The van der Waals surface area contributed by atoms with Crippen LogP contribution >= 0.6 is 0 Å². The second-order valence-electron chi connectivity index (χ2n) is 14.1. The van der Waals surface area contributed by atoms with E-state index in [1.807, 2.05) is 11.0 Å². The van der Waals surface area contributed by atoms with Crippen LogP contribution < -0.4 is 5.32 Å². The van der Waals surface area contributed by atoms with Crippen LogP contribution in [-0.4, -0.2) is 47.7 Å². The van der Waals surface area contributed by atoms with Crippen molar-refractivity contribution in [1.82, 2.24) is 10.2 Å². The molecule has 0 aromatic carbocycles. The first kappa shape index (κ1) is 25.6. The van der Waals surface area contributed by atoms with Gasteiger partial charge in [-0.25, -0.2) is 4.79 Å². The molecule has 5 fully saturated rings. The topological polar surface area (TPSA) is 71.0 Å². The molecule has 1 amide bonds. The standard InChI is InChI=1S/C31H47N3O3/c1-19-15-22(32-17-19)18-34(23-6-7-23)29(36)37-33-20(2)26-9-10-27-25-8-5-21-16-24(35)11-13-30(21,3)28(25)12-14-31(26,27)4/h16,19,22-23,25-28,32H,5-15,17-18H2,1-4H3/b33-20+/t19?,22?,25-,26+,27-,28-,30-,31+/m0/s1. The third-order valence-corrected chi connectivity index (χ3v) is 11.8. The molecule has 6 aliphatic rings. The van der Waals surface area contributed by atoms with Crippen LogP contribution in [0.5, 0.6) is 0 Å². The van der Waals surface area contributed by atoms with Crippen molar-refractivity contribution in [3.05, 3.63) is 11.6 Å². The third kappa shape index (κ3) is 4.49. The molecule has 0 spiro atoms. The van der Waals surface area contributed by atoms with Crippen molar-refractivity contribution in [1.29, 1.82) is 0 Å². The van der Waals surface area contributed by atoms with Crippen molar-refractivity contribution < 1.29 is 14.4 Å².